The van der Waals surface area contributed by atoms with Crippen molar-refractivity contribution in [3.8, 4) is 0 Å². The van der Waals surface area contributed by atoms with Gasteiger partial charge in [-0.25, -0.2) is 0 Å². The Kier molecular flexibility index (Phi) is 4.09. The maximum absolute atomic E-state index is 12.2. The molecule has 1 fully saturated rings. The summed E-state index contributed by atoms with van der Waals surface area (Å²) < 4.78 is 0. The summed E-state index contributed by atoms with van der Waals surface area (Å²) in [6, 6.07) is 2.04. The van der Waals surface area contributed by atoms with Crippen molar-refractivity contribution in [2.24, 2.45) is 22.2 Å². The van der Waals surface area contributed by atoms with Crippen molar-refractivity contribution < 1.29 is 10.0 Å². The van der Waals surface area contributed by atoms with Gasteiger partial charge in [-0.15, -0.1) is 0 Å². The van der Waals surface area contributed by atoms with Crippen LogP contribution in [0, 0.1) is 11.3 Å². The van der Waals surface area contributed by atoms with E-state index in [9.17, 15) is 4.79 Å². The molecule has 0 aliphatic heterocycles. The van der Waals surface area contributed by atoms with E-state index in [0.29, 0.717) is 25.3 Å². The molecule has 0 aromatic carbocycles. The van der Waals surface area contributed by atoms with E-state index < -0.39 is 5.41 Å². The van der Waals surface area contributed by atoms with Crippen molar-refractivity contribution in [3.05, 3.63) is 22.4 Å². The Morgan fingerprint density at radius 1 is 1.68 bits per heavy atom. The number of hydrogen-bond donors (Lipinski definition) is 3. The van der Waals surface area contributed by atoms with Crippen LogP contribution in [0.1, 0.15) is 25.3 Å². The number of amidine groups is 1. The molecule has 1 amide bonds. The number of rotatable bonds is 5. The number of nitrogens with zero attached hydrogens (tertiary/aromatic N) is 1. The van der Waals surface area contributed by atoms with Gasteiger partial charge in [0.2, 0.25) is 5.91 Å². The quantitative estimate of drug-likeness (QED) is 0.331. The van der Waals surface area contributed by atoms with E-state index in [1.165, 1.54) is 5.56 Å². The van der Waals surface area contributed by atoms with Crippen molar-refractivity contribution in [2.45, 2.75) is 26.2 Å². The molecule has 1 aliphatic rings. The zero-order valence-electron chi connectivity index (χ0n) is 10.9. The predicted molar refractivity (Wildman–Crippen MR) is 75.3 cm³/mol. The Labute approximate surface area is 116 Å². The van der Waals surface area contributed by atoms with Gasteiger partial charge in [-0.2, -0.15) is 11.3 Å². The Morgan fingerprint density at radius 2 is 2.42 bits per heavy atom. The van der Waals surface area contributed by atoms with Crippen molar-refractivity contribution in [2.75, 3.05) is 6.54 Å². The van der Waals surface area contributed by atoms with E-state index in [1.54, 1.807) is 11.3 Å². The lowest BCUT2D eigenvalue weighted by molar-refractivity contribution is -0.133. The molecule has 0 spiro atoms. The molecule has 1 aromatic rings. The summed E-state index contributed by atoms with van der Waals surface area (Å²) in [5, 5.41) is 18.8. The lowest BCUT2D eigenvalue weighted by Crippen LogP contribution is -2.57. The van der Waals surface area contributed by atoms with Gasteiger partial charge in [0, 0.05) is 6.54 Å². The fraction of sp³-hybridized carbons (Fsp3) is 0.538. The highest BCUT2D eigenvalue weighted by Gasteiger charge is 2.51. The lowest BCUT2D eigenvalue weighted by Gasteiger charge is -2.43. The highest BCUT2D eigenvalue weighted by molar-refractivity contribution is 7.07. The first-order chi connectivity index (χ1) is 9.08. The van der Waals surface area contributed by atoms with Crippen LogP contribution >= 0.6 is 11.3 Å². The minimum absolute atomic E-state index is 0.0265. The van der Waals surface area contributed by atoms with Gasteiger partial charge < -0.3 is 16.3 Å². The van der Waals surface area contributed by atoms with Crippen molar-refractivity contribution in [1.82, 2.24) is 5.32 Å². The molecule has 6 heteroatoms. The Balaban J connectivity index is 1.90. The lowest BCUT2D eigenvalue weighted by atomic mass is 9.61. The van der Waals surface area contributed by atoms with Gasteiger partial charge >= 0.3 is 0 Å². The molecule has 0 bridgehead atoms. The van der Waals surface area contributed by atoms with Crippen LogP contribution in [-0.2, 0) is 11.2 Å². The Hall–Kier alpha value is -1.56. The van der Waals surface area contributed by atoms with Crippen LogP contribution in [0.15, 0.2) is 22.0 Å². The zero-order valence-corrected chi connectivity index (χ0v) is 11.7. The number of nitrogens with one attached hydrogen (secondary N) is 1. The van der Waals surface area contributed by atoms with Crippen LogP contribution in [0.25, 0.3) is 0 Å². The molecule has 0 saturated heterocycles. The van der Waals surface area contributed by atoms with E-state index in [-0.39, 0.29) is 11.7 Å². The molecule has 1 heterocycles. The predicted octanol–water partition coefficient (Wildman–Crippen LogP) is 1.57. The third-order valence-corrected chi connectivity index (χ3v) is 4.44. The van der Waals surface area contributed by atoms with Gasteiger partial charge in [0.25, 0.3) is 0 Å². The summed E-state index contributed by atoms with van der Waals surface area (Å²) in [6.45, 7) is 2.63. The molecule has 0 radical (unpaired) electrons. The third kappa shape index (κ3) is 2.73. The molecule has 1 aromatic heterocycles. The molecule has 0 atom stereocenters. The largest absolute Gasteiger partial charge is 0.409 e. The Bertz CT molecular complexity index is 464. The highest BCUT2D eigenvalue weighted by Crippen LogP contribution is 2.45. The molecule has 0 unspecified atom stereocenters. The molecule has 19 heavy (non-hydrogen) atoms. The number of oxime groups is 1. The maximum atomic E-state index is 12.2. The molecule has 1 saturated carbocycles. The second kappa shape index (κ2) is 5.61. The summed E-state index contributed by atoms with van der Waals surface area (Å²) in [7, 11) is 0. The van der Waals surface area contributed by atoms with Gasteiger partial charge in [-0.1, -0.05) is 12.1 Å². The minimum Gasteiger partial charge on any atom is -0.409 e. The van der Waals surface area contributed by atoms with Crippen LogP contribution in [-0.4, -0.2) is 23.5 Å². The molecule has 4 N–H and O–H groups in total. The first-order valence-corrected chi connectivity index (χ1v) is 7.30. The smallest absolute Gasteiger partial charge is 0.233 e. The number of thiophene rings is 1. The summed E-state index contributed by atoms with van der Waals surface area (Å²) in [5.74, 6) is 0.331. The summed E-state index contributed by atoms with van der Waals surface area (Å²) in [4.78, 5) is 12.2. The molecular formula is C13H19N3O2S. The van der Waals surface area contributed by atoms with Crippen LogP contribution in [0.4, 0.5) is 0 Å². The van der Waals surface area contributed by atoms with Crippen LogP contribution in [0.3, 0.4) is 0 Å². The molecule has 5 nitrogen and oxygen atoms in total. The van der Waals surface area contributed by atoms with Crippen LogP contribution in [0.5, 0.6) is 0 Å². The fourth-order valence-electron chi connectivity index (χ4n) is 2.66. The van der Waals surface area contributed by atoms with E-state index in [4.69, 9.17) is 10.9 Å². The SMILES string of the molecule is CC1CC(C(=O)NCCc2ccsc2)(/C(N)=N/O)C1. The highest BCUT2D eigenvalue weighted by atomic mass is 32.1. The normalized spacial score (nSPS) is 26.8. The fourth-order valence-corrected chi connectivity index (χ4v) is 3.36. The van der Waals surface area contributed by atoms with Crippen molar-refractivity contribution >= 4 is 23.1 Å². The average molecular weight is 281 g/mol. The molecule has 104 valence electrons. The topological polar surface area (TPSA) is 87.7 Å². The standard InChI is InChI=1S/C13H19N3O2S/c1-9-6-13(7-9,11(14)16-18)12(17)15-4-2-10-3-5-19-8-10/h3,5,8-9,18H,2,4,6-7H2,1H3,(H2,14,16)(H,15,17). The number of nitrogens with two attached hydrogens (primary N) is 1. The maximum Gasteiger partial charge on any atom is 0.233 e. The second-order valence-corrected chi connectivity index (χ2v) is 6.00. The average Bonchev–Trinajstić information content (AvgIpc) is 2.86. The van der Waals surface area contributed by atoms with Gasteiger partial charge in [0.1, 0.15) is 5.41 Å². The zero-order chi connectivity index (χ0) is 13.9. The molecule has 2 rings (SSSR count). The third-order valence-electron chi connectivity index (χ3n) is 3.71. The van der Waals surface area contributed by atoms with Crippen molar-refractivity contribution in [1.29, 1.82) is 0 Å². The van der Waals surface area contributed by atoms with Crippen LogP contribution < -0.4 is 11.1 Å². The van der Waals surface area contributed by atoms with Gasteiger partial charge in [0.15, 0.2) is 5.84 Å². The van der Waals surface area contributed by atoms with Crippen LogP contribution in [0.2, 0.25) is 0 Å². The minimum atomic E-state index is -0.803. The number of hydrogen-bond acceptors (Lipinski definition) is 4. The van der Waals surface area contributed by atoms with E-state index in [1.807, 2.05) is 11.4 Å². The van der Waals surface area contributed by atoms with E-state index >= 15 is 0 Å². The summed E-state index contributed by atoms with van der Waals surface area (Å²) in [6.07, 6.45) is 2.09. The summed E-state index contributed by atoms with van der Waals surface area (Å²) >= 11 is 1.64. The van der Waals surface area contributed by atoms with Gasteiger partial charge in [0.05, 0.1) is 0 Å². The first kappa shape index (κ1) is 13.9. The second-order valence-electron chi connectivity index (χ2n) is 5.22. The van der Waals surface area contributed by atoms with E-state index in [2.05, 4.69) is 22.8 Å². The molecule has 1 aliphatic carbocycles. The number of carbonyl (C=O) groups excluding carboxylic acids is 1. The summed E-state index contributed by atoms with van der Waals surface area (Å²) in [5.41, 5.74) is 6.09. The molecular weight excluding hydrogens is 262 g/mol. The van der Waals surface area contributed by atoms with Gasteiger partial charge in [-0.05, 0) is 47.6 Å². The van der Waals surface area contributed by atoms with Gasteiger partial charge in [-0.3, -0.25) is 4.79 Å². The van der Waals surface area contributed by atoms with Crippen molar-refractivity contribution in [3.63, 3.8) is 0 Å². The first-order valence-electron chi connectivity index (χ1n) is 6.36. The Morgan fingerprint density at radius 3 is 2.95 bits per heavy atom. The number of amides is 1. The monoisotopic (exact) mass is 281 g/mol. The van der Waals surface area contributed by atoms with E-state index in [0.717, 1.165) is 6.42 Å². The number of carbonyl (C=O) groups is 1.